The average molecular weight is 354 g/mol. The maximum Gasteiger partial charge on any atom is 0.317 e. The van der Waals surface area contributed by atoms with Gasteiger partial charge in [0, 0.05) is 12.6 Å². The van der Waals surface area contributed by atoms with Gasteiger partial charge in [-0.1, -0.05) is 25.1 Å². The fourth-order valence-electron chi connectivity index (χ4n) is 2.95. The third-order valence-electron chi connectivity index (χ3n) is 4.24. The molecule has 0 saturated carbocycles. The van der Waals surface area contributed by atoms with Gasteiger partial charge in [-0.15, -0.1) is 0 Å². The SMILES string of the molecule is CCc1ccccc1OCCNC(=O)N(CC)C1CCS(=O)(=O)C1. The van der Waals surface area contributed by atoms with Crippen molar-refractivity contribution in [3.8, 4) is 5.75 Å². The lowest BCUT2D eigenvalue weighted by molar-refractivity contribution is 0.181. The Kier molecular flexibility index (Phi) is 6.48. The van der Waals surface area contributed by atoms with Crippen molar-refractivity contribution in [2.75, 3.05) is 31.2 Å². The monoisotopic (exact) mass is 354 g/mol. The van der Waals surface area contributed by atoms with Crippen LogP contribution in [0.4, 0.5) is 4.79 Å². The van der Waals surface area contributed by atoms with Gasteiger partial charge in [-0.2, -0.15) is 0 Å². The van der Waals surface area contributed by atoms with Crippen LogP contribution in [0.5, 0.6) is 5.75 Å². The zero-order valence-corrected chi connectivity index (χ0v) is 15.1. The van der Waals surface area contributed by atoms with Crippen LogP contribution >= 0.6 is 0 Å². The van der Waals surface area contributed by atoms with Crippen molar-refractivity contribution >= 4 is 15.9 Å². The molecule has 1 atom stereocenters. The number of rotatable bonds is 7. The minimum atomic E-state index is -3.00. The van der Waals surface area contributed by atoms with Crippen molar-refractivity contribution in [1.29, 1.82) is 0 Å². The maximum atomic E-state index is 12.3. The molecule has 1 saturated heterocycles. The Morgan fingerprint density at radius 1 is 1.33 bits per heavy atom. The molecule has 0 aliphatic carbocycles. The van der Waals surface area contributed by atoms with Gasteiger partial charge in [0.2, 0.25) is 0 Å². The summed E-state index contributed by atoms with van der Waals surface area (Å²) in [5.41, 5.74) is 1.13. The summed E-state index contributed by atoms with van der Waals surface area (Å²) in [6, 6.07) is 7.39. The highest BCUT2D eigenvalue weighted by atomic mass is 32.2. The van der Waals surface area contributed by atoms with Crippen molar-refractivity contribution in [2.24, 2.45) is 0 Å². The quantitative estimate of drug-likeness (QED) is 0.758. The van der Waals surface area contributed by atoms with Gasteiger partial charge in [0.15, 0.2) is 9.84 Å². The highest BCUT2D eigenvalue weighted by molar-refractivity contribution is 7.91. The first-order chi connectivity index (χ1) is 11.5. The molecule has 6 nitrogen and oxygen atoms in total. The van der Waals surface area contributed by atoms with Gasteiger partial charge in [-0.05, 0) is 31.4 Å². The van der Waals surface area contributed by atoms with Crippen LogP contribution in [0, 0.1) is 0 Å². The lowest BCUT2D eigenvalue weighted by atomic mass is 10.1. The molecule has 1 N–H and O–H groups in total. The minimum Gasteiger partial charge on any atom is -0.491 e. The molecule has 1 aliphatic heterocycles. The molecule has 1 aromatic carbocycles. The van der Waals surface area contributed by atoms with Gasteiger partial charge in [-0.3, -0.25) is 0 Å². The Bertz CT molecular complexity index is 660. The van der Waals surface area contributed by atoms with Crippen LogP contribution in [0.25, 0.3) is 0 Å². The van der Waals surface area contributed by atoms with Gasteiger partial charge in [0.25, 0.3) is 0 Å². The molecule has 2 rings (SSSR count). The first-order valence-corrected chi connectivity index (χ1v) is 10.2. The minimum absolute atomic E-state index is 0.0641. The van der Waals surface area contributed by atoms with E-state index in [0.717, 1.165) is 17.7 Å². The number of aryl methyl sites for hydroxylation is 1. The van der Waals surface area contributed by atoms with E-state index < -0.39 is 9.84 Å². The lowest BCUT2D eigenvalue weighted by Crippen LogP contribution is -2.47. The predicted molar refractivity (Wildman–Crippen MR) is 94.2 cm³/mol. The Morgan fingerprint density at radius 3 is 2.71 bits per heavy atom. The highest BCUT2D eigenvalue weighted by Gasteiger charge is 2.33. The molecular formula is C17H26N2O4S. The van der Waals surface area contributed by atoms with Crippen molar-refractivity contribution in [1.82, 2.24) is 10.2 Å². The number of para-hydroxylation sites is 1. The Labute approximate surface area is 144 Å². The topological polar surface area (TPSA) is 75.7 Å². The van der Waals surface area contributed by atoms with E-state index in [4.69, 9.17) is 4.74 Å². The van der Waals surface area contributed by atoms with Crippen molar-refractivity contribution in [3.63, 3.8) is 0 Å². The second-order valence-electron chi connectivity index (χ2n) is 5.88. The number of nitrogens with zero attached hydrogens (tertiary/aromatic N) is 1. The van der Waals surface area contributed by atoms with Crippen LogP contribution < -0.4 is 10.1 Å². The Morgan fingerprint density at radius 2 is 2.08 bits per heavy atom. The van der Waals surface area contributed by atoms with E-state index in [9.17, 15) is 13.2 Å². The number of hydrogen-bond donors (Lipinski definition) is 1. The number of urea groups is 1. The Hall–Kier alpha value is -1.76. The molecule has 0 spiro atoms. The fraction of sp³-hybridized carbons (Fsp3) is 0.588. The van der Waals surface area contributed by atoms with Crippen LogP contribution in [-0.4, -0.2) is 56.6 Å². The van der Waals surface area contributed by atoms with E-state index >= 15 is 0 Å². The zero-order valence-electron chi connectivity index (χ0n) is 14.3. The number of benzene rings is 1. The summed E-state index contributed by atoms with van der Waals surface area (Å²) in [6.07, 6.45) is 1.41. The van der Waals surface area contributed by atoms with Crippen LogP contribution in [0.15, 0.2) is 24.3 Å². The summed E-state index contributed by atoms with van der Waals surface area (Å²) in [5, 5.41) is 2.81. The largest absolute Gasteiger partial charge is 0.491 e. The van der Waals surface area contributed by atoms with E-state index in [2.05, 4.69) is 12.2 Å². The molecular weight excluding hydrogens is 328 g/mol. The standard InChI is InChI=1S/C17H26N2O4S/c1-3-14-7-5-6-8-16(14)23-11-10-18-17(20)19(4-2)15-9-12-24(21,22)13-15/h5-8,15H,3-4,9-13H2,1-2H3,(H,18,20). The van der Waals surface area contributed by atoms with E-state index in [1.807, 2.05) is 31.2 Å². The van der Waals surface area contributed by atoms with Gasteiger partial charge in [0.05, 0.1) is 18.1 Å². The number of carbonyl (C=O) groups is 1. The average Bonchev–Trinajstić information content (AvgIpc) is 2.92. The molecule has 24 heavy (non-hydrogen) atoms. The van der Waals surface area contributed by atoms with Crippen LogP contribution in [0.2, 0.25) is 0 Å². The molecule has 7 heteroatoms. The van der Waals surface area contributed by atoms with Gasteiger partial charge in [-0.25, -0.2) is 13.2 Å². The van der Waals surface area contributed by atoms with E-state index in [-0.39, 0.29) is 23.6 Å². The summed E-state index contributed by atoms with van der Waals surface area (Å²) in [5.74, 6) is 1.07. The second-order valence-corrected chi connectivity index (χ2v) is 8.11. The number of carbonyl (C=O) groups excluding carboxylic acids is 1. The van der Waals surface area contributed by atoms with E-state index in [1.165, 1.54) is 0 Å². The normalized spacial score (nSPS) is 19.0. The summed E-state index contributed by atoms with van der Waals surface area (Å²) in [4.78, 5) is 13.9. The smallest absolute Gasteiger partial charge is 0.317 e. The molecule has 0 radical (unpaired) electrons. The second kappa shape index (κ2) is 8.37. The number of nitrogens with one attached hydrogen (secondary N) is 1. The molecule has 1 aliphatic rings. The first kappa shape index (κ1) is 18.6. The summed E-state index contributed by atoms with van der Waals surface area (Å²) >= 11 is 0. The number of ether oxygens (including phenoxy) is 1. The molecule has 0 bridgehead atoms. The van der Waals surface area contributed by atoms with Crippen LogP contribution in [0.1, 0.15) is 25.8 Å². The number of hydrogen-bond acceptors (Lipinski definition) is 4. The molecule has 1 unspecified atom stereocenters. The fourth-order valence-corrected chi connectivity index (χ4v) is 4.68. The van der Waals surface area contributed by atoms with Crippen molar-refractivity contribution < 1.29 is 17.9 Å². The zero-order chi connectivity index (χ0) is 17.6. The lowest BCUT2D eigenvalue weighted by Gasteiger charge is -2.27. The maximum absolute atomic E-state index is 12.3. The molecule has 1 aromatic rings. The van der Waals surface area contributed by atoms with Crippen molar-refractivity contribution in [3.05, 3.63) is 29.8 Å². The molecule has 1 heterocycles. The predicted octanol–water partition coefficient (Wildman–Crippen LogP) is 1.85. The van der Waals surface area contributed by atoms with Gasteiger partial charge in [0.1, 0.15) is 12.4 Å². The third-order valence-corrected chi connectivity index (χ3v) is 5.99. The number of amides is 2. The highest BCUT2D eigenvalue weighted by Crippen LogP contribution is 2.19. The molecule has 0 aromatic heterocycles. The molecule has 2 amide bonds. The Balaban J connectivity index is 1.79. The van der Waals surface area contributed by atoms with E-state index in [0.29, 0.717) is 26.1 Å². The number of sulfone groups is 1. The van der Waals surface area contributed by atoms with Gasteiger partial charge >= 0.3 is 6.03 Å². The van der Waals surface area contributed by atoms with Gasteiger partial charge < -0.3 is 15.0 Å². The van der Waals surface area contributed by atoms with Crippen molar-refractivity contribution in [2.45, 2.75) is 32.7 Å². The molecule has 1 fully saturated rings. The van der Waals surface area contributed by atoms with E-state index in [1.54, 1.807) is 4.90 Å². The van der Waals surface area contributed by atoms with Crippen LogP contribution in [-0.2, 0) is 16.3 Å². The first-order valence-electron chi connectivity index (χ1n) is 8.42. The van der Waals surface area contributed by atoms with Crippen LogP contribution in [0.3, 0.4) is 0 Å². The summed E-state index contributed by atoms with van der Waals surface area (Å²) in [6.45, 7) is 5.18. The molecule has 134 valence electrons. The third kappa shape index (κ3) is 4.87. The summed E-state index contributed by atoms with van der Waals surface area (Å²) < 4.78 is 28.9. The summed E-state index contributed by atoms with van der Waals surface area (Å²) in [7, 11) is -3.00.